The third kappa shape index (κ3) is 4.52. The molecule has 2 aromatic rings. The van der Waals surface area contributed by atoms with Gasteiger partial charge in [0.05, 0.1) is 9.88 Å². The fraction of sp³-hybridized carbons (Fsp3) is 0.526. The zero-order valence-electron chi connectivity index (χ0n) is 14.8. The van der Waals surface area contributed by atoms with Crippen molar-refractivity contribution in [2.75, 3.05) is 5.73 Å². The van der Waals surface area contributed by atoms with Crippen molar-refractivity contribution < 1.29 is 0 Å². The Labute approximate surface area is 153 Å². The fourth-order valence-electron chi connectivity index (χ4n) is 2.99. The predicted molar refractivity (Wildman–Crippen MR) is 107 cm³/mol. The van der Waals surface area contributed by atoms with Crippen molar-refractivity contribution in [1.29, 1.82) is 0 Å². The van der Waals surface area contributed by atoms with Crippen molar-refractivity contribution in [2.24, 2.45) is 0 Å². The fourth-order valence-corrected chi connectivity index (χ4v) is 5.08. The van der Waals surface area contributed by atoms with Crippen LogP contribution in [0.3, 0.4) is 0 Å². The summed E-state index contributed by atoms with van der Waals surface area (Å²) in [6, 6.07) is 6.16. The maximum Gasteiger partial charge on any atom is 0.0962 e. The van der Waals surface area contributed by atoms with Gasteiger partial charge in [0.25, 0.3) is 0 Å². The van der Waals surface area contributed by atoms with Crippen molar-refractivity contribution in [1.82, 2.24) is 9.71 Å². The molecule has 3 rings (SSSR count). The molecule has 1 heterocycles. The molecule has 0 amide bonds. The standard InChI is InChI=1S/C19H27N3S2/c1-19(2,3)22-24-16-11-14(20)9-10-15(16)17-12-21-18(23-17)13-7-5-4-6-8-13/h9-13,22H,4-8,20H2,1-3H3. The van der Waals surface area contributed by atoms with E-state index in [4.69, 9.17) is 10.7 Å². The van der Waals surface area contributed by atoms with E-state index in [1.807, 2.05) is 23.6 Å². The largest absolute Gasteiger partial charge is 0.399 e. The summed E-state index contributed by atoms with van der Waals surface area (Å²) in [6.07, 6.45) is 8.70. The minimum absolute atomic E-state index is 0.0491. The Morgan fingerprint density at radius 2 is 1.96 bits per heavy atom. The van der Waals surface area contributed by atoms with Crippen LogP contribution in [-0.2, 0) is 0 Å². The molecule has 1 aliphatic rings. The first-order valence-corrected chi connectivity index (χ1v) is 10.4. The Morgan fingerprint density at radius 1 is 1.21 bits per heavy atom. The first kappa shape index (κ1) is 17.8. The highest BCUT2D eigenvalue weighted by molar-refractivity contribution is 7.97. The summed E-state index contributed by atoms with van der Waals surface area (Å²) in [5.41, 5.74) is 8.09. The van der Waals surface area contributed by atoms with E-state index in [9.17, 15) is 0 Å². The number of hydrogen-bond acceptors (Lipinski definition) is 5. The molecule has 0 spiro atoms. The Kier molecular flexibility index (Phi) is 5.52. The number of benzene rings is 1. The summed E-state index contributed by atoms with van der Waals surface area (Å²) in [6.45, 7) is 6.50. The SMILES string of the molecule is CC(C)(C)NSc1cc(N)ccc1-c1cnc(C2CCCCC2)s1. The molecule has 5 heteroatoms. The highest BCUT2D eigenvalue weighted by Crippen LogP contribution is 2.40. The smallest absolute Gasteiger partial charge is 0.0962 e. The second-order valence-corrected chi connectivity index (χ2v) is 9.52. The average molecular weight is 362 g/mol. The topological polar surface area (TPSA) is 50.9 Å². The van der Waals surface area contributed by atoms with Gasteiger partial charge in [-0.05, 0) is 57.7 Å². The van der Waals surface area contributed by atoms with Crippen LogP contribution < -0.4 is 10.5 Å². The lowest BCUT2D eigenvalue weighted by Gasteiger charge is -2.20. The van der Waals surface area contributed by atoms with Crippen LogP contribution in [0.1, 0.15) is 63.8 Å². The van der Waals surface area contributed by atoms with Gasteiger partial charge in [-0.25, -0.2) is 4.98 Å². The van der Waals surface area contributed by atoms with Crippen LogP contribution in [-0.4, -0.2) is 10.5 Å². The lowest BCUT2D eigenvalue weighted by atomic mass is 9.90. The molecule has 1 aliphatic carbocycles. The van der Waals surface area contributed by atoms with E-state index in [1.54, 1.807) is 11.9 Å². The number of nitrogens with two attached hydrogens (primary N) is 1. The molecule has 0 saturated heterocycles. The summed E-state index contributed by atoms with van der Waals surface area (Å²) in [5.74, 6) is 0.662. The van der Waals surface area contributed by atoms with Gasteiger partial charge in [0, 0.05) is 33.8 Å². The van der Waals surface area contributed by atoms with Gasteiger partial charge in [-0.2, -0.15) is 0 Å². The molecule has 1 aromatic carbocycles. The molecule has 1 fully saturated rings. The van der Waals surface area contributed by atoms with Crippen molar-refractivity contribution in [3.63, 3.8) is 0 Å². The highest BCUT2D eigenvalue weighted by atomic mass is 32.2. The summed E-state index contributed by atoms with van der Waals surface area (Å²) in [5, 5.41) is 1.31. The van der Waals surface area contributed by atoms with Gasteiger partial charge in [-0.3, -0.25) is 4.72 Å². The Morgan fingerprint density at radius 3 is 2.67 bits per heavy atom. The second-order valence-electron chi connectivity index (χ2n) is 7.61. The van der Waals surface area contributed by atoms with Crippen LogP contribution in [0.5, 0.6) is 0 Å². The first-order valence-electron chi connectivity index (χ1n) is 8.72. The van der Waals surface area contributed by atoms with Gasteiger partial charge in [0.2, 0.25) is 0 Å². The molecule has 0 atom stereocenters. The molecule has 3 N–H and O–H groups in total. The van der Waals surface area contributed by atoms with Crippen LogP contribution in [0.25, 0.3) is 10.4 Å². The van der Waals surface area contributed by atoms with E-state index < -0.39 is 0 Å². The predicted octanol–water partition coefficient (Wildman–Crippen LogP) is 5.84. The minimum Gasteiger partial charge on any atom is -0.399 e. The van der Waals surface area contributed by atoms with E-state index in [0.29, 0.717) is 5.92 Å². The maximum absolute atomic E-state index is 6.01. The highest BCUT2D eigenvalue weighted by Gasteiger charge is 2.20. The number of thiazole rings is 1. The van der Waals surface area contributed by atoms with E-state index >= 15 is 0 Å². The number of aromatic nitrogens is 1. The number of nitrogens with one attached hydrogen (secondary N) is 1. The van der Waals surface area contributed by atoms with Gasteiger partial charge in [-0.1, -0.05) is 25.3 Å². The van der Waals surface area contributed by atoms with Gasteiger partial charge in [0.1, 0.15) is 0 Å². The Bertz CT molecular complexity index is 682. The molecule has 1 saturated carbocycles. The molecule has 24 heavy (non-hydrogen) atoms. The van der Waals surface area contributed by atoms with Gasteiger partial charge < -0.3 is 5.73 Å². The first-order chi connectivity index (χ1) is 11.4. The summed E-state index contributed by atoms with van der Waals surface area (Å²) < 4.78 is 3.49. The number of hydrogen-bond donors (Lipinski definition) is 2. The summed E-state index contributed by atoms with van der Waals surface area (Å²) >= 11 is 3.51. The third-order valence-corrected chi connectivity index (χ3v) is 6.68. The number of nitrogens with zero attached hydrogens (tertiary/aromatic N) is 1. The normalized spacial score (nSPS) is 16.5. The summed E-state index contributed by atoms with van der Waals surface area (Å²) in [7, 11) is 0. The second kappa shape index (κ2) is 7.46. The van der Waals surface area contributed by atoms with Crippen LogP contribution in [0.2, 0.25) is 0 Å². The molecular formula is C19H27N3S2. The van der Waals surface area contributed by atoms with E-state index in [1.165, 1.54) is 52.4 Å². The van der Waals surface area contributed by atoms with Crippen molar-refractivity contribution in [3.8, 4) is 10.4 Å². The van der Waals surface area contributed by atoms with Gasteiger partial charge in [-0.15, -0.1) is 11.3 Å². The quantitative estimate of drug-likeness (QED) is 0.531. The lowest BCUT2D eigenvalue weighted by molar-refractivity contribution is 0.442. The lowest BCUT2D eigenvalue weighted by Crippen LogP contribution is -2.29. The van der Waals surface area contributed by atoms with Crippen molar-refractivity contribution in [3.05, 3.63) is 29.4 Å². The molecular weight excluding hydrogens is 334 g/mol. The monoisotopic (exact) mass is 361 g/mol. The molecule has 0 radical (unpaired) electrons. The minimum atomic E-state index is 0.0491. The number of rotatable bonds is 4. The molecule has 3 nitrogen and oxygen atoms in total. The Balaban J connectivity index is 1.84. The maximum atomic E-state index is 6.01. The molecule has 0 unspecified atom stereocenters. The molecule has 130 valence electrons. The number of nitrogen functional groups attached to an aromatic ring is 1. The van der Waals surface area contributed by atoms with E-state index in [0.717, 1.165) is 5.69 Å². The van der Waals surface area contributed by atoms with Crippen LogP contribution >= 0.6 is 23.3 Å². The summed E-state index contributed by atoms with van der Waals surface area (Å²) in [4.78, 5) is 7.16. The Hall–Kier alpha value is -1.04. The van der Waals surface area contributed by atoms with E-state index in [2.05, 4.69) is 37.6 Å². The van der Waals surface area contributed by atoms with E-state index in [-0.39, 0.29) is 5.54 Å². The van der Waals surface area contributed by atoms with Crippen LogP contribution in [0.4, 0.5) is 5.69 Å². The van der Waals surface area contributed by atoms with Gasteiger partial charge >= 0.3 is 0 Å². The van der Waals surface area contributed by atoms with Crippen LogP contribution in [0.15, 0.2) is 29.3 Å². The number of anilines is 1. The molecule has 1 aromatic heterocycles. The molecule has 0 aliphatic heterocycles. The van der Waals surface area contributed by atoms with Gasteiger partial charge in [0.15, 0.2) is 0 Å². The molecule has 0 bridgehead atoms. The average Bonchev–Trinajstić information content (AvgIpc) is 3.03. The van der Waals surface area contributed by atoms with Crippen molar-refractivity contribution >= 4 is 29.0 Å². The van der Waals surface area contributed by atoms with Crippen LogP contribution in [0, 0.1) is 0 Å². The zero-order valence-corrected chi connectivity index (χ0v) is 16.4. The zero-order chi connectivity index (χ0) is 17.2. The van der Waals surface area contributed by atoms with Crippen molar-refractivity contribution in [2.45, 2.75) is 69.2 Å². The third-order valence-electron chi connectivity index (χ3n) is 4.22.